The van der Waals surface area contributed by atoms with Crippen molar-refractivity contribution in [3.63, 3.8) is 0 Å². The van der Waals surface area contributed by atoms with E-state index in [-0.39, 0.29) is 23.5 Å². The number of pyridine rings is 1. The van der Waals surface area contributed by atoms with Gasteiger partial charge >= 0.3 is 5.69 Å². The van der Waals surface area contributed by atoms with Gasteiger partial charge in [0.15, 0.2) is 5.17 Å². The van der Waals surface area contributed by atoms with Crippen LogP contribution in [0.4, 0.5) is 5.69 Å². The number of nitrogens with zero attached hydrogens (tertiary/aromatic N) is 4. The van der Waals surface area contributed by atoms with Crippen LogP contribution >= 0.6 is 11.8 Å². The van der Waals surface area contributed by atoms with E-state index in [2.05, 4.69) is 16.8 Å². The molecule has 1 aromatic heterocycles. The van der Waals surface area contributed by atoms with Crippen molar-refractivity contribution >= 4 is 22.6 Å². The number of thioether (sulfide) groups is 1. The molecule has 0 amide bonds. The van der Waals surface area contributed by atoms with Gasteiger partial charge in [-0.15, -0.1) is 0 Å². The topological polar surface area (TPSA) is 90.1 Å². The maximum absolute atomic E-state index is 11.6. The average molecular weight is 400 g/mol. The number of aliphatic imine (C=N–C) groups is 1. The first kappa shape index (κ1) is 18.5. The summed E-state index contributed by atoms with van der Waals surface area (Å²) in [6, 6.07) is 8.34. The predicted octanol–water partition coefficient (Wildman–Crippen LogP) is 3.60. The molecule has 1 saturated heterocycles. The highest BCUT2D eigenvalue weighted by Gasteiger charge is 2.45. The molecule has 8 nitrogen and oxygen atoms in total. The fraction of sp³-hybridized carbons (Fsp3) is 0.368. The van der Waals surface area contributed by atoms with Crippen molar-refractivity contribution in [3.05, 3.63) is 57.9 Å². The Balaban J connectivity index is 1.87. The van der Waals surface area contributed by atoms with Crippen LogP contribution in [0.15, 0.2) is 41.5 Å². The number of nitro groups is 1. The summed E-state index contributed by atoms with van der Waals surface area (Å²) in [6.45, 7) is 2.95. The molecule has 0 spiro atoms. The van der Waals surface area contributed by atoms with Crippen molar-refractivity contribution in [3.8, 4) is 11.5 Å². The van der Waals surface area contributed by atoms with E-state index in [1.807, 2.05) is 18.2 Å². The Kier molecular flexibility index (Phi) is 4.84. The smallest absolute Gasteiger partial charge is 0.311 e. The van der Waals surface area contributed by atoms with Gasteiger partial charge in [-0.2, -0.15) is 0 Å². The number of benzene rings is 1. The molecule has 1 fully saturated rings. The van der Waals surface area contributed by atoms with Crippen LogP contribution in [0.5, 0.6) is 11.5 Å². The number of hydrogen-bond donors (Lipinski definition) is 0. The first-order valence-electron chi connectivity index (χ1n) is 8.85. The standard InChI is InChI=1S/C19H20N4O4S/c1-11-10-22-18(17(21-19(22)28-11)13-6-4-5-7-20-13)12-8-14(23(24)25)16(27-3)9-15(12)26-2/h4-9,11,17-18H,10H2,1-3H3/t11-,17-,18-/m1/s1. The second-order valence-corrected chi connectivity index (χ2v) is 8.07. The van der Waals surface area contributed by atoms with Crippen LogP contribution in [-0.2, 0) is 0 Å². The molecule has 4 rings (SSSR count). The normalized spacial score (nSPS) is 23.3. The molecule has 3 heterocycles. The van der Waals surface area contributed by atoms with Crippen molar-refractivity contribution < 1.29 is 14.4 Å². The zero-order valence-electron chi connectivity index (χ0n) is 15.7. The molecule has 2 aliphatic rings. The summed E-state index contributed by atoms with van der Waals surface area (Å²) in [7, 11) is 2.96. The molecular formula is C19H20N4O4S. The van der Waals surface area contributed by atoms with E-state index in [1.165, 1.54) is 7.11 Å². The SMILES string of the molecule is COc1cc(OC)c([N+](=O)[O-])cc1[C@@H]1[C@@H](c2ccccn2)N=C2S[C@H](C)CN21. The molecule has 0 bridgehead atoms. The third-order valence-electron chi connectivity index (χ3n) is 4.93. The average Bonchev–Trinajstić information content (AvgIpc) is 3.23. The number of aromatic nitrogens is 1. The van der Waals surface area contributed by atoms with E-state index < -0.39 is 4.92 Å². The van der Waals surface area contributed by atoms with Gasteiger partial charge in [-0.1, -0.05) is 24.8 Å². The van der Waals surface area contributed by atoms with Crippen LogP contribution < -0.4 is 9.47 Å². The number of nitro benzene ring substituents is 1. The number of amidine groups is 1. The Morgan fingerprint density at radius 1 is 1.25 bits per heavy atom. The number of methoxy groups -OCH3 is 2. The Morgan fingerprint density at radius 3 is 2.68 bits per heavy atom. The maximum Gasteiger partial charge on any atom is 0.311 e. The number of hydrogen-bond acceptors (Lipinski definition) is 8. The highest BCUT2D eigenvalue weighted by molar-refractivity contribution is 8.14. The summed E-state index contributed by atoms with van der Waals surface area (Å²) in [5.41, 5.74) is 1.44. The highest BCUT2D eigenvalue weighted by atomic mass is 32.2. The van der Waals surface area contributed by atoms with Gasteiger partial charge in [-0.25, -0.2) is 0 Å². The van der Waals surface area contributed by atoms with Crippen LogP contribution in [-0.4, -0.2) is 46.0 Å². The van der Waals surface area contributed by atoms with Gasteiger partial charge in [0.1, 0.15) is 11.8 Å². The third-order valence-corrected chi connectivity index (χ3v) is 6.03. The fourth-order valence-electron chi connectivity index (χ4n) is 3.73. The molecule has 146 valence electrons. The van der Waals surface area contributed by atoms with Gasteiger partial charge in [-0.3, -0.25) is 20.1 Å². The molecule has 0 N–H and O–H groups in total. The van der Waals surface area contributed by atoms with Crippen molar-refractivity contribution in [2.45, 2.75) is 24.3 Å². The van der Waals surface area contributed by atoms with E-state index in [9.17, 15) is 10.1 Å². The molecule has 3 atom stereocenters. The summed E-state index contributed by atoms with van der Waals surface area (Å²) in [5.74, 6) is 0.706. The van der Waals surface area contributed by atoms with Gasteiger partial charge in [0, 0.05) is 35.7 Å². The molecule has 2 aliphatic heterocycles. The molecule has 2 aromatic rings. The van der Waals surface area contributed by atoms with Gasteiger partial charge in [0.25, 0.3) is 0 Å². The summed E-state index contributed by atoms with van der Waals surface area (Å²) in [4.78, 5) is 22.8. The van der Waals surface area contributed by atoms with Crippen molar-refractivity contribution in [2.75, 3.05) is 20.8 Å². The van der Waals surface area contributed by atoms with Crippen LogP contribution in [0.2, 0.25) is 0 Å². The molecular weight excluding hydrogens is 380 g/mol. The van der Waals surface area contributed by atoms with Crippen molar-refractivity contribution in [1.82, 2.24) is 9.88 Å². The Labute approximate surface area is 166 Å². The van der Waals surface area contributed by atoms with Gasteiger partial charge in [-0.05, 0) is 12.1 Å². The third kappa shape index (κ3) is 3.05. The Hall–Kier alpha value is -2.81. The number of fused-ring (bicyclic) bond motifs is 1. The zero-order valence-corrected chi connectivity index (χ0v) is 16.5. The minimum Gasteiger partial charge on any atom is -0.496 e. The summed E-state index contributed by atoms with van der Waals surface area (Å²) < 4.78 is 10.8. The second-order valence-electron chi connectivity index (χ2n) is 6.66. The van der Waals surface area contributed by atoms with Crippen LogP contribution in [0.3, 0.4) is 0 Å². The first-order chi connectivity index (χ1) is 13.5. The van der Waals surface area contributed by atoms with Crippen LogP contribution in [0.25, 0.3) is 0 Å². The molecule has 0 radical (unpaired) electrons. The van der Waals surface area contributed by atoms with Crippen molar-refractivity contribution in [2.24, 2.45) is 4.99 Å². The quantitative estimate of drug-likeness (QED) is 0.559. The molecule has 28 heavy (non-hydrogen) atoms. The predicted molar refractivity (Wildman–Crippen MR) is 107 cm³/mol. The van der Waals surface area contributed by atoms with Crippen LogP contribution in [0, 0.1) is 10.1 Å². The van der Waals surface area contributed by atoms with Gasteiger partial charge in [0.05, 0.1) is 30.9 Å². The fourth-order valence-corrected chi connectivity index (χ4v) is 4.83. The molecule has 0 saturated carbocycles. The minimum absolute atomic E-state index is 0.0913. The van der Waals surface area contributed by atoms with Gasteiger partial charge < -0.3 is 14.4 Å². The largest absolute Gasteiger partial charge is 0.496 e. The first-order valence-corrected chi connectivity index (χ1v) is 9.73. The summed E-state index contributed by atoms with van der Waals surface area (Å²) in [5, 5.41) is 12.9. The van der Waals surface area contributed by atoms with Crippen LogP contribution in [0.1, 0.15) is 30.3 Å². The maximum atomic E-state index is 11.6. The lowest BCUT2D eigenvalue weighted by Gasteiger charge is -2.28. The van der Waals surface area contributed by atoms with Crippen molar-refractivity contribution in [1.29, 1.82) is 0 Å². The van der Waals surface area contributed by atoms with E-state index in [1.54, 1.807) is 37.2 Å². The lowest BCUT2D eigenvalue weighted by atomic mass is 9.94. The molecule has 1 aromatic carbocycles. The molecule has 9 heteroatoms. The van der Waals surface area contributed by atoms with E-state index >= 15 is 0 Å². The minimum atomic E-state index is -0.435. The number of rotatable bonds is 5. The molecule has 0 aliphatic carbocycles. The van der Waals surface area contributed by atoms with E-state index in [0.29, 0.717) is 16.6 Å². The zero-order chi connectivity index (χ0) is 19.8. The van der Waals surface area contributed by atoms with Gasteiger partial charge in [0.2, 0.25) is 5.75 Å². The second kappa shape index (κ2) is 7.31. The monoisotopic (exact) mass is 400 g/mol. The number of ether oxygens (including phenoxy) is 2. The Bertz CT molecular complexity index is 937. The Morgan fingerprint density at radius 2 is 2.04 bits per heavy atom. The lowest BCUT2D eigenvalue weighted by molar-refractivity contribution is -0.385. The van der Waals surface area contributed by atoms with E-state index in [0.717, 1.165) is 17.4 Å². The highest BCUT2D eigenvalue weighted by Crippen LogP contribution is 2.51. The summed E-state index contributed by atoms with van der Waals surface area (Å²) in [6.07, 6.45) is 1.74. The summed E-state index contributed by atoms with van der Waals surface area (Å²) >= 11 is 1.71. The molecule has 0 unspecified atom stereocenters. The lowest BCUT2D eigenvalue weighted by Crippen LogP contribution is -2.29. The van der Waals surface area contributed by atoms with E-state index in [4.69, 9.17) is 14.5 Å².